The van der Waals surface area contributed by atoms with Crippen LogP contribution in [0.25, 0.3) is 0 Å². The zero-order valence-electron chi connectivity index (χ0n) is 6.99. The summed E-state index contributed by atoms with van der Waals surface area (Å²) in [4.78, 5) is 0. The molecule has 1 aromatic carbocycles. The second-order valence-electron chi connectivity index (χ2n) is 2.49. The molecule has 0 spiro atoms. The van der Waals surface area contributed by atoms with Crippen molar-refractivity contribution < 1.29 is 17.1 Å². The van der Waals surface area contributed by atoms with E-state index in [0.717, 1.165) is 12.8 Å². The second-order valence-corrected chi connectivity index (χ2v) is 3.43. The van der Waals surface area contributed by atoms with Crippen molar-refractivity contribution in [1.82, 2.24) is 0 Å². The van der Waals surface area contributed by atoms with Crippen LogP contribution >= 0.6 is 23.2 Å². The molecule has 0 radical (unpaired) electrons. The van der Waals surface area contributed by atoms with Crippen LogP contribution in [0, 0.1) is 6.08 Å². The van der Waals surface area contributed by atoms with Crippen LogP contribution in [0.4, 0.5) is 0 Å². The van der Waals surface area contributed by atoms with E-state index in [0.29, 0.717) is 5.03 Å². The molecule has 0 amide bonds. The van der Waals surface area contributed by atoms with Gasteiger partial charge in [-0.05, 0) is 0 Å². The minimum Gasteiger partial charge on any atom is -0.480 e. The van der Waals surface area contributed by atoms with E-state index >= 15 is 0 Å². The minimum atomic E-state index is 0. The van der Waals surface area contributed by atoms with Gasteiger partial charge in [-0.1, -0.05) is 6.42 Å². The predicted molar refractivity (Wildman–Crippen MR) is 53.5 cm³/mol. The van der Waals surface area contributed by atoms with Gasteiger partial charge in [-0.2, -0.15) is 24.6 Å². The summed E-state index contributed by atoms with van der Waals surface area (Å²) >= 11 is 11.2. The topological polar surface area (TPSA) is 0 Å². The molecule has 1 aliphatic rings. The molecule has 1 unspecified atom stereocenters. The van der Waals surface area contributed by atoms with E-state index in [-0.39, 0.29) is 22.4 Å². The number of alkyl halides is 1. The first-order chi connectivity index (χ1) is 5.80. The molecule has 1 aliphatic carbocycles. The van der Waals surface area contributed by atoms with Gasteiger partial charge < -0.3 is 6.08 Å². The average molecular weight is 257 g/mol. The predicted octanol–water partition coefficient (Wildman–Crippen LogP) is 3.72. The molecular weight excluding hydrogens is 247 g/mol. The van der Waals surface area contributed by atoms with E-state index in [1.807, 2.05) is 30.3 Å². The van der Waals surface area contributed by atoms with Crippen molar-refractivity contribution in [3.63, 3.8) is 0 Å². The van der Waals surface area contributed by atoms with Crippen molar-refractivity contribution in [2.24, 2.45) is 0 Å². The fourth-order valence-electron chi connectivity index (χ4n) is 0.877. The molecule has 2 rings (SSSR count). The maximum Gasteiger partial charge on any atom is 2.00 e. The van der Waals surface area contributed by atoms with Crippen molar-refractivity contribution in [1.29, 1.82) is 0 Å². The summed E-state index contributed by atoms with van der Waals surface area (Å²) in [7, 11) is 0. The van der Waals surface area contributed by atoms with E-state index in [9.17, 15) is 0 Å². The molecule has 1 aromatic rings. The Balaban J connectivity index is 0.000000215. The second kappa shape index (κ2) is 7.58. The number of allylic oxidation sites excluding steroid dienone is 2. The maximum atomic E-state index is 5.63. The largest absolute Gasteiger partial charge is 2.00 e. The Morgan fingerprint density at radius 1 is 1.38 bits per heavy atom. The van der Waals surface area contributed by atoms with Crippen LogP contribution in [0.15, 0.2) is 35.4 Å². The summed E-state index contributed by atoms with van der Waals surface area (Å²) in [6, 6.07) is 10.0. The summed E-state index contributed by atoms with van der Waals surface area (Å²) in [6.07, 6.45) is 4.80. The standard InChI is InChI=1S/C5H5Cl2.C5H5.Fe/c6-4-2-1-3-5(4)7;1-2-4-5-3-1;/h4H,1-2H2;1-5H;/q2*-1;+2. The molecule has 0 saturated carbocycles. The van der Waals surface area contributed by atoms with Crippen molar-refractivity contribution in [3.05, 3.63) is 41.4 Å². The fourth-order valence-corrected chi connectivity index (χ4v) is 1.27. The zero-order chi connectivity index (χ0) is 8.81. The summed E-state index contributed by atoms with van der Waals surface area (Å²) in [5.74, 6) is 0. The Labute approximate surface area is 99.8 Å². The Hall–Kier alpha value is 0.189. The van der Waals surface area contributed by atoms with E-state index in [1.54, 1.807) is 0 Å². The van der Waals surface area contributed by atoms with Crippen LogP contribution in [0.3, 0.4) is 0 Å². The number of hydrogen-bond donors (Lipinski definition) is 0. The third kappa shape index (κ3) is 5.49. The molecule has 1 atom stereocenters. The number of hydrogen-bond acceptors (Lipinski definition) is 0. The van der Waals surface area contributed by atoms with Gasteiger partial charge in [0.25, 0.3) is 0 Å². The first-order valence-electron chi connectivity index (χ1n) is 3.87. The van der Waals surface area contributed by atoms with Gasteiger partial charge in [0.15, 0.2) is 0 Å². The molecule has 0 fully saturated rings. The van der Waals surface area contributed by atoms with E-state index in [2.05, 4.69) is 6.08 Å². The Morgan fingerprint density at radius 2 is 2.00 bits per heavy atom. The average Bonchev–Trinajstić information content (AvgIpc) is 2.67. The van der Waals surface area contributed by atoms with Gasteiger partial charge in [-0.3, -0.25) is 0 Å². The quantitative estimate of drug-likeness (QED) is 0.377. The van der Waals surface area contributed by atoms with Crippen LogP contribution in [0.5, 0.6) is 0 Å². The minimum absolute atomic E-state index is 0. The van der Waals surface area contributed by atoms with Gasteiger partial charge in [0.05, 0.1) is 0 Å². The smallest absolute Gasteiger partial charge is 0.480 e. The van der Waals surface area contributed by atoms with Crippen molar-refractivity contribution in [3.8, 4) is 0 Å². The number of rotatable bonds is 0. The van der Waals surface area contributed by atoms with E-state index in [1.165, 1.54) is 0 Å². The molecule has 3 heteroatoms. The molecule has 0 heterocycles. The van der Waals surface area contributed by atoms with Gasteiger partial charge in [0.2, 0.25) is 0 Å². The molecule has 0 saturated heterocycles. The van der Waals surface area contributed by atoms with Gasteiger partial charge in [-0.15, -0.1) is 28.2 Å². The van der Waals surface area contributed by atoms with Gasteiger partial charge in [0, 0.05) is 5.38 Å². The van der Waals surface area contributed by atoms with Crippen LogP contribution in [-0.2, 0) is 17.1 Å². The van der Waals surface area contributed by atoms with Crippen molar-refractivity contribution in [2.75, 3.05) is 0 Å². The summed E-state index contributed by atoms with van der Waals surface area (Å²) in [5, 5.41) is 0.753. The number of halogens is 2. The first-order valence-corrected chi connectivity index (χ1v) is 4.69. The van der Waals surface area contributed by atoms with Crippen LogP contribution in [-0.4, -0.2) is 5.38 Å². The van der Waals surface area contributed by atoms with Crippen LogP contribution in [0.2, 0.25) is 0 Å². The van der Waals surface area contributed by atoms with Crippen LogP contribution in [0.1, 0.15) is 12.8 Å². The Bertz CT molecular complexity index is 212. The molecule has 72 valence electrons. The maximum absolute atomic E-state index is 5.63. The summed E-state index contributed by atoms with van der Waals surface area (Å²) < 4.78 is 0. The molecule has 0 nitrogen and oxygen atoms in total. The molecule has 0 aliphatic heterocycles. The molecule has 0 N–H and O–H groups in total. The first kappa shape index (κ1) is 13.2. The molecule has 0 bridgehead atoms. The molecule has 0 aromatic heterocycles. The summed E-state index contributed by atoms with van der Waals surface area (Å²) in [6.45, 7) is 0. The SMILES string of the molecule is ClC1=[C-]CCC1Cl.[Fe+2].c1cc[cH-]c1. The van der Waals surface area contributed by atoms with Crippen LogP contribution < -0.4 is 0 Å². The van der Waals surface area contributed by atoms with Gasteiger partial charge in [-0.25, -0.2) is 12.1 Å². The van der Waals surface area contributed by atoms with Crippen molar-refractivity contribution >= 4 is 23.2 Å². The third-order valence-corrected chi connectivity index (χ3v) is 2.47. The van der Waals surface area contributed by atoms with Gasteiger partial charge in [0.1, 0.15) is 0 Å². The third-order valence-electron chi connectivity index (χ3n) is 1.52. The van der Waals surface area contributed by atoms with E-state index < -0.39 is 0 Å². The Kier molecular flexibility index (Phi) is 7.69. The van der Waals surface area contributed by atoms with Crippen molar-refractivity contribution in [2.45, 2.75) is 18.2 Å². The molecule has 13 heavy (non-hydrogen) atoms. The molecular formula is C10H10Cl2Fe. The monoisotopic (exact) mass is 256 g/mol. The van der Waals surface area contributed by atoms with Gasteiger partial charge >= 0.3 is 17.1 Å². The fraction of sp³-hybridized carbons (Fsp3) is 0.300. The summed E-state index contributed by atoms with van der Waals surface area (Å²) in [5.41, 5.74) is 0. The normalized spacial score (nSPS) is 19.5. The van der Waals surface area contributed by atoms with E-state index in [4.69, 9.17) is 23.2 Å². The Morgan fingerprint density at radius 3 is 2.15 bits per heavy atom. The zero-order valence-corrected chi connectivity index (χ0v) is 9.60.